The van der Waals surface area contributed by atoms with Crippen LogP contribution in [0.15, 0.2) is 0 Å². The first-order chi connectivity index (χ1) is 10.4. The summed E-state index contributed by atoms with van der Waals surface area (Å²) in [6.45, 7) is 1.27. The average Bonchev–Trinajstić information content (AvgIpc) is 2.99. The molecule has 0 unspecified atom stereocenters. The molecule has 1 saturated heterocycles. The minimum absolute atomic E-state index is 0.278. The molecule has 0 bridgehead atoms. The van der Waals surface area contributed by atoms with Crippen molar-refractivity contribution in [1.82, 2.24) is 15.1 Å². The molecule has 122 valence electrons. The van der Waals surface area contributed by atoms with Crippen molar-refractivity contribution < 1.29 is 24.3 Å². The van der Waals surface area contributed by atoms with Gasteiger partial charge in [-0.3, -0.25) is 19.3 Å². The van der Waals surface area contributed by atoms with E-state index < -0.39 is 36.5 Å². The summed E-state index contributed by atoms with van der Waals surface area (Å²) < 4.78 is 0. The van der Waals surface area contributed by atoms with E-state index in [-0.39, 0.29) is 12.5 Å². The Labute approximate surface area is 128 Å². The van der Waals surface area contributed by atoms with Crippen molar-refractivity contribution in [3.8, 4) is 0 Å². The zero-order valence-electron chi connectivity index (χ0n) is 12.6. The van der Waals surface area contributed by atoms with Gasteiger partial charge in [0, 0.05) is 6.54 Å². The average molecular weight is 311 g/mol. The number of hydrogen-bond donors (Lipinski definition) is 2. The van der Waals surface area contributed by atoms with Gasteiger partial charge in [-0.25, -0.2) is 4.79 Å². The Balaban J connectivity index is 2.05. The highest BCUT2D eigenvalue weighted by Gasteiger charge is 2.52. The molecule has 22 heavy (non-hydrogen) atoms. The minimum Gasteiger partial charge on any atom is -0.480 e. The number of carbonyl (C=O) groups is 4. The molecule has 0 aromatic carbocycles. The fourth-order valence-corrected chi connectivity index (χ4v) is 3.10. The van der Waals surface area contributed by atoms with Gasteiger partial charge in [0.25, 0.3) is 5.91 Å². The van der Waals surface area contributed by atoms with Crippen molar-refractivity contribution in [2.24, 2.45) is 0 Å². The molecule has 0 aromatic rings. The Morgan fingerprint density at radius 1 is 1.32 bits per heavy atom. The summed E-state index contributed by atoms with van der Waals surface area (Å²) in [4.78, 5) is 49.5. The number of carbonyl (C=O) groups excluding carboxylic acids is 3. The van der Waals surface area contributed by atoms with Crippen LogP contribution >= 0.6 is 0 Å². The van der Waals surface area contributed by atoms with Gasteiger partial charge in [0.05, 0.1) is 0 Å². The summed E-state index contributed by atoms with van der Waals surface area (Å²) in [5.74, 6) is -2.01. The summed E-state index contributed by atoms with van der Waals surface area (Å²) in [6, 6.07) is -0.563. The lowest BCUT2D eigenvalue weighted by Gasteiger charge is -2.23. The van der Waals surface area contributed by atoms with Crippen molar-refractivity contribution in [2.75, 3.05) is 19.6 Å². The third-order valence-electron chi connectivity index (χ3n) is 4.17. The Kier molecular flexibility index (Phi) is 4.68. The van der Waals surface area contributed by atoms with E-state index in [0.29, 0.717) is 19.3 Å². The number of imide groups is 1. The van der Waals surface area contributed by atoms with Gasteiger partial charge in [0.1, 0.15) is 18.6 Å². The number of rotatable bonds is 6. The zero-order valence-corrected chi connectivity index (χ0v) is 12.6. The van der Waals surface area contributed by atoms with Crippen molar-refractivity contribution in [3.63, 3.8) is 0 Å². The largest absolute Gasteiger partial charge is 0.480 e. The van der Waals surface area contributed by atoms with Crippen LogP contribution in [-0.2, 0) is 14.4 Å². The maximum absolute atomic E-state index is 12.4. The molecule has 1 aliphatic heterocycles. The molecule has 8 nitrogen and oxygen atoms in total. The fraction of sp³-hybridized carbons (Fsp3) is 0.714. The van der Waals surface area contributed by atoms with E-state index >= 15 is 0 Å². The van der Waals surface area contributed by atoms with E-state index in [1.54, 1.807) is 0 Å². The van der Waals surface area contributed by atoms with Crippen molar-refractivity contribution in [1.29, 1.82) is 0 Å². The lowest BCUT2D eigenvalue weighted by molar-refractivity contribution is -0.145. The van der Waals surface area contributed by atoms with E-state index in [1.165, 1.54) is 0 Å². The quantitative estimate of drug-likeness (QED) is 0.680. The maximum Gasteiger partial charge on any atom is 0.325 e. The number of carboxylic acids is 1. The third kappa shape index (κ3) is 3.05. The molecule has 0 radical (unpaired) electrons. The van der Waals surface area contributed by atoms with Gasteiger partial charge in [0.15, 0.2) is 0 Å². The van der Waals surface area contributed by atoms with Gasteiger partial charge in [-0.2, -0.15) is 0 Å². The number of urea groups is 1. The monoisotopic (exact) mass is 311 g/mol. The van der Waals surface area contributed by atoms with Crippen LogP contribution in [0.1, 0.15) is 39.0 Å². The summed E-state index contributed by atoms with van der Waals surface area (Å²) >= 11 is 0. The van der Waals surface area contributed by atoms with Crippen LogP contribution in [-0.4, -0.2) is 63.9 Å². The van der Waals surface area contributed by atoms with Gasteiger partial charge in [-0.15, -0.1) is 0 Å². The lowest BCUT2D eigenvalue weighted by atomic mass is 9.98. The van der Waals surface area contributed by atoms with E-state index in [0.717, 1.165) is 22.6 Å². The first-order valence-corrected chi connectivity index (χ1v) is 7.53. The van der Waals surface area contributed by atoms with Crippen molar-refractivity contribution in [3.05, 3.63) is 0 Å². The van der Waals surface area contributed by atoms with Gasteiger partial charge in [0.2, 0.25) is 5.91 Å². The second-order valence-electron chi connectivity index (χ2n) is 5.82. The Morgan fingerprint density at radius 3 is 2.50 bits per heavy atom. The summed E-state index contributed by atoms with van der Waals surface area (Å²) in [6.07, 6.45) is 3.53. The summed E-state index contributed by atoms with van der Waals surface area (Å²) in [5, 5.41) is 11.5. The molecule has 0 aromatic heterocycles. The predicted molar refractivity (Wildman–Crippen MR) is 76.0 cm³/mol. The van der Waals surface area contributed by atoms with Crippen molar-refractivity contribution >= 4 is 23.8 Å². The van der Waals surface area contributed by atoms with Gasteiger partial charge >= 0.3 is 12.0 Å². The van der Waals surface area contributed by atoms with Crippen LogP contribution in [0, 0.1) is 0 Å². The molecule has 1 saturated carbocycles. The highest BCUT2D eigenvalue weighted by Crippen LogP contribution is 2.34. The van der Waals surface area contributed by atoms with E-state index in [4.69, 9.17) is 5.11 Å². The number of hydrogen-bond acceptors (Lipinski definition) is 4. The van der Waals surface area contributed by atoms with Crippen LogP contribution in [0.3, 0.4) is 0 Å². The minimum atomic E-state index is -1.12. The van der Waals surface area contributed by atoms with E-state index in [9.17, 15) is 19.2 Å². The van der Waals surface area contributed by atoms with Crippen LogP contribution in [0.2, 0.25) is 0 Å². The molecule has 8 heteroatoms. The van der Waals surface area contributed by atoms with Crippen LogP contribution in [0.5, 0.6) is 0 Å². The van der Waals surface area contributed by atoms with Gasteiger partial charge < -0.3 is 15.3 Å². The van der Waals surface area contributed by atoms with Crippen molar-refractivity contribution in [2.45, 2.75) is 44.6 Å². The SMILES string of the molecule is CCCN(CC(=O)O)C(=O)CN1C(=O)NC2(CCCC2)C1=O. The molecular weight excluding hydrogens is 290 g/mol. The maximum atomic E-state index is 12.4. The number of amides is 4. The number of nitrogens with zero attached hydrogens (tertiary/aromatic N) is 2. The first kappa shape index (κ1) is 16.3. The Morgan fingerprint density at radius 2 is 1.95 bits per heavy atom. The van der Waals surface area contributed by atoms with Gasteiger partial charge in [-0.1, -0.05) is 19.8 Å². The zero-order chi connectivity index (χ0) is 16.3. The highest BCUT2D eigenvalue weighted by atomic mass is 16.4. The molecule has 1 spiro atoms. The molecule has 1 heterocycles. The normalized spacial score (nSPS) is 19.6. The molecule has 2 aliphatic rings. The molecule has 1 aliphatic carbocycles. The van der Waals surface area contributed by atoms with E-state index in [2.05, 4.69) is 5.32 Å². The molecular formula is C14H21N3O5. The molecule has 2 N–H and O–H groups in total. The number of nitrogens with one attached hydrogen (secondary N) is 1. The van der Waals surface area contributed by atoms with E-state index in [1.807, 2.05) is 6.92 Å². The summed E-state index contributed by atoms with van der Waals surface area (Å²) in [7, 11) is 0. The highest BCUT2D eigenvalue weighted by molar-refractivity contribution is 6.09. The van der Waals surface area contributed by atoms with Crippen LogP contribution in [0.4, 0.5) is 4.79 Å². The molecule has 2 rings (SSSR count). The van der Waals surface area contributed by atoms with Crippen LogP contribution < -0.4 is 5.32 Å². The molecule has 4 amide bonds. The topological polar surface area (TPSA) is 107 Å². The first-order valence-electron chi connectivity index (χ1n) is 7.53. The summed E-state index contributed by atoms with van der Waals surface area (Å²) in [5.41, 5.74) is -0.847. The smallest absolute Gasteiger partial charge is 0.325 e. The second kappa shape index (κ2) is 6.33. The fourth-order valence-electron chi connectivity index (χ4n) is 3.10. The van der Waals surface area contributed by atoms with Gasteiger partial charge in [-0.05, 0) is 19.3 Å². The third-order valence-corrected chi connectivity index (χ3v) is 4.17. The molecule has 2 fully saturated rings. The number of aliphatic carboxylic acids is 1. The number of carboxylic acid groups (broad SMARTS) is 1. The predicted octanol–water partition coefficient (Wildman–Crippen LogP) is 0.174. The van der Waals surface area contributed by atoms with Crippen LogP contribution in [0.25, 0.3) is 0 Å². The standard InChI is InChI=1S/C14H21N3O5/c1-2-7-16(9-11(19)20)10(18)8-17-12(21)14(15-13(17)22)5-3-4-6-14/h2-9H2,1H3,(H,15,22)(H,19,20). The lowest BCUT2D eigenvalue weighted by Crippen LogP contribution is -2.47. The Hall–Kier alpha value is -2.12. The second-order valence-corrected chi connectivity index (χ2v) is 5.82. The Bertz CT molecular complexity index is 499. The molecule has 0 atom stereocenters.